The van der Waals surface area contributed by atoms with Crippen LogP contribution in [0, 0.1) is 13.0 Å². The Morgan fingerprint density at radius 3 is 1.56 bits per heavy atom. The van der Waals surface area contributed by atoms with E-state index in [-0.39, 0.29) is 86.7 Å². The van der Waals surface area contributed by atoms with Crippen LogP contribution in [-0.2, 0) is 19.3 Å². The Morgan fingerprint density at radius 2 is 1.22 bits per heavy atom. The van der Waals surface area contributed by atoms with E-state index >= 15 is 0 Å². The molecule has 0 saturated carbocycles. The standard InChI is InChI=1S/C8H8Br2.C8H9BrO.C8H8.2BrH.2Mg/c9-6-5-7-3-1-2-4-8(7)10;9-8-4-2-1-3-7(8)5-6-10;1-2-8-6-4-3-5-7-8;;;;/h1-4H,5-6H2;1-4,10H,5-6H2;3-6H,1-2H2;2*1H;;/q;;-2;;;2*+2/p-2. The first-order valence-corrected chi connectivity index (χ1v) is 11.7. The summed E-state index contributed by atoms with van der Waals surface area (Å²) in [6.07, 6.45) is 2.64. The number of rotatable bonds is 5. The maximum absolute atomic E-state index is 8.62. The summed E-state index contributed by atoms with van der Waals surface area (Å²) in [6.45, 7) is 3.94. The molecule has 0 aromatic heterocycles. The normalized spacial score (nSPS) is 8.41. The van der Waals surface area contributed by atoms with Crippen LogP contribution < -0.4 is 34.0 Å². The Balaban J connectivity index is -0.000000174. The van der Waals surface area contributed by atoms with Gasteiger partial charge in [0.1, 0.15) is 0 Å². The molecular formula is C24H25Br5Mg2O. The molecule has 0 fully saturated rings. The third kappa shape index (κ3) is 18.8. The third-order valence-corrected chi connectivity index (χ3v) is 5.65. The summed E-state index contributed by atoms with van der Waals surface area (Å²) in [6, 6.07) is 27.1. The van der Waals surface area contributed by atoms with Gasteiger partial charge >= 0.3 is 46.1 Å². The largest absolute Gasteiger partial charge is 2.00 e. The first-order valence-electron chi connectivity index (χ1n) is 9.00. The van der Waals surface area contributed by atoms with E-state index in [4.69, 9.17) is 5.11 Å². The van der Waals surface area contributed by atoms with Gasteiger partial charge in [0.05, 0.1) is 0 Å². The molecule has 0 unspecified atom stereocenters. The second-order valence-electron chi connectivity index (χ2n) is 5.73. The molecule has 3 rings (SSSR count). The summed E-state index contributed by atoms with van der Waals surface area (Å²) in [5.41, 5.74) is 3.69. The molecule has 0 amide bonds. The molecule has 0 atom stereocenters. The molecule has 0 aliphatic heterocycles. The number of aryl methyl sites for hydroxylation is 1. The zero-order valence-corrected chi connectivity index (χ0v) is 28.7. The molecule has 0 saturated heterocycles. The van der Waals surface area contributed by atoms with Gasteiger partial charge in [0, 0.05) is 20.9 Å². The summed E-state index contributed by atoms with van der Waals surface area (Å²) in [5, 5.41) is 9.65. The van der Waals surface area contributed by atoms with Crippen LogP contribution in [0.1, 0.15) is 16.7 Å². The molecule has 3 aromatic rings. The van der Waals surface area contributed by atoms with Crippen LogP contribution in [0.4, 0.5) is 0 Å². The van der Waals surface area contributed by atoms with E-state index in [1.807, 2.05) is 54.6 Å². The van der Waals surface area contributed by atoms with Gasteiger partial charge < -0.3 is 46.0 Å². The van der Waals surface area contributed by atoms with E-state index in [1.54, 1.807) is 0 Å². The van der Waals surface area contributed by atoms with Crippen LogP contribution in [0.3, 0.4) is 0 Å². The van der Waals surface area contributed by atoms with Crippen molar-refractivity contribution >= 4 is 93.9 Å². The molecule has 166 valence electrons. The number of aliphatic hydroxyl groups is 1. The third-order valence-electron chi connectivity index (χ3n) is 3.70. The molecule has 8 heteroatoms. The SMILES string of the molecule is BrCCc1ccccc1Br.OCCc1ccccc1Br.[Br-].[Br-].[CH2-]Cc1[c-]cccc1.[Mg+2].[Mg+2]. The first-order chi connectivity index (χ1) is 13.6. The van der Waals surface area contributed by atoms with E-state index in [0.717, 1.165) is 34.6 Å². The van der Waals surface area contributed by atoms with Crippen LogP contribution in [0.2, 0.25) is 0 Å². The topological polar surface area (TPSA) is 20.2 Å². The fourth-order valence-electron chi connectivity index (χ4n) is 2.21. The smallest absolute Gasteiger partial charge is 1.00 e. The van der Waals surface area contributed by atoms with E-state index < -0.39 is 0 Å². The minimum Gasteiger partial charge on any atom is -1.00 e. The molecule has 0 radical (unpaired) electrons. The molecule has 32 heavy (non-hydrogen) atoms. The van der Waals surface area contributed by atoms with Gasteiger partial charge in [-0.3, -0.25) is 0 Å². The number of hydrogen-bond acceptors (Lipinski definition) is 1. The summed E-state index contributed by atoms with van der Waals surface area (Å²) >= 11 is 10.3. The van der Waals surface area contributed by atoms with Gasteiger partial charge in [0.15, 0.2) is 0 Å². The van der Waals surface area contributed by atoms with Gasteiger partial charge in [0.2, 0.25) is 0 Å². The quantitative estimate of drug-likeness (QED) is 0.228. The average molecular weight is 778 g/mol. The van der Waals surface area contributed by atoms with Crippen LogP contribution in [-0.4, -0.2) is 63.1 Å². The number of halogens is 5. The van der Waals surface area contributed by atoms with Gasteiger partial charge in [-0.15, -0.1) is 0 Å². The average Bonchev–Trinajstić information content (AvgIpc) is 2.73. The van der Waals surface area contributed by atoms with E-state index in [1.165, 1.54) is 15.6 Å². The zero-order chi connectivity index (χ0) is 20.6. The Morgan fingerprint density at radius 1 is 0.750 bits per heavy atom. The first kappa shape index (κ1) is 40.7. The maximum atomic E-state index is 8.62. The van der Waals surface area contributed by atoms with Gasteiger partial charge in [0.25, 0.3) is 0 Å². The van der Waals surface area contributed by atoms with Crippen LogP contribution in [0.25, 0.3) is 0 Å². The second kappa shape index (κ2) is 27.1. The molecule has 0 heterocycles. The molecule has 0 aliphatic rings. The maximum Gasteiger partial charge on any atom is 2.00 e. The minimum atomic E-state index is 0. The Hall–Kier alpha value is 1.55. The van der Waals surface area contributed by atoms with E-state index in [0.29, 0.717) is 0 Å². The Labute approximate surface area is 272 Å². The van der Waals surface area contributed by atoms with Crippen molar-refractivity contribution in [1.29, 1.82) is 0 Å². The zero-order valence-electron chi connectivity index (χ0n) is 17.9. The molecule has 3 aromatic carbocycles. The van der Waals surface area contributed by atoms with E-state index in [9.17, 15) is 0 Å². The summed E-state index contributed by atoms with van der Waals surface area (Å²) in [5.74, 6) is 0. The fourth-order valence-corrected chi connectivity index (χ4v) is 3.60. The molecular weight excluding hydrogens is 752 g/mol. The summed E-state index contributed by atoms with van der Waals surface area (Å²) < 4.78 is 2.28. The number of alkyl halides is 1. The predicted octanol–water partition coefficient (Wildman–Crippen LogP) is 0.480. The Kier molecular flexibility index (Phi) is 34.5. The summed E-state index contributed by atoms with van der Waals surface area (Å²) in [4.78, 5) is 0. The number of hydrogen-bond donors (Lipinski definition) is 1. The predicted molar refractivity (Wildman–Crippen MR) is 142 cm³/mol. The van der Waals surface area contributed by atoms with Crippen molar-refractivity contribution in [2.24, 2.45) is 0 Å². The summed E-state index contributed by atoms with van der Waals surface area (Å²) in [7, 11) is 0. The minimum absolute atomic E-state index is 0. The van der Waals surface area contributed by atoms with Crippen molar-refractivity contribution < 1.29 is 39.1 Å². The molecule has 0 bridgehead atoms. The van der Waals surface area contributed by atoms with Crippen molar-refractivity contribution in [3.63, 3.8) is 0 Å². The van der Waals surface area contributed by atoms with Crippen molar-refractivity contribution in [3.8, 4) is 0 Å². The number of benzene rings is 3. The van der Waals surface area contributed by atoms with Gasteiger partial charge in [-0.25, -0.2) is 0 Å². The fraction of sp³-hybridized carbons (Fsp3) is 0.208. The molecule has 0 spiro atoms. The second-order valence-corrected chi connectivity index (χ2v) is 8.23. The molecule has 1 N–H and O–H groups in total. The van der Waals surface area contributed by atoms with E-state index in [2.05, 4.69) is 79.0 Å². The molecule has 0 aliphatic carbocycles. The van der Waals surface area contributed by atoms with Crippen molar-refractivity contribution in [2.75, 3.05) is 11.9 Å². The van der Waals surface area contributed by atoms with Crippen LogP contribution in [0.5, 0.6) is 0 Å². The van der Waals surface area contributed by atoms with Gasteiger partial charge in [-0.1, -0.05) is 84.2 Å². The Bertz CT molecular complexity index is 745. The van der Waals surface area contributed by atoms with Crippen molar-refractivity contribution in [1.82, 2.24) is 0 Å². The molecule has 1 nitrogen and oxygen atoms in total. The number of aliphatic hydroxyl groups excluding tert-OH is 1. The van der Waals surface area contributed by atoms with Gasteiger partial charge in [-0.2, -0.15) is 42.3 Å². The van der Waals surface area contributed by atoms with Crippen molar-refractivity contribution in [3.05, 3.63) is 111 Å². The monoisotopic (exact) mass is 772 g/mol. The van der Waals surface area contributed by atoms with Gasteiger partial charge in [-0.05, 0) is 36.1 Å². The van der Waals surface area contributed by atoms with Crippen LogP contribution in [0.15, 0.2) is 81.7 Å². The van der Waals surface area contributed by atoms with Crippen molar-refractivity contribution in [2.45, 2.75) is 19.3 Å². The van der Waals surface area contributed by atoms with Crippen LogP contribution >= 0.6 is 47.8 Å².